The minimum atomic E-state index is 0.674. The molecule has 1 aromatic carbocycles. The summed E-state index contributed by atoms with van der Waals surface area (Å²) in [5.41, 5.74) is 2.19. The molecule has 102 valence electrons. The van der Waals surface area contributed by atoms with E-state index in [1.807, 2.05) is 19.1 Å². The Balaban J connectivity index is 1.92. The van der Waals surface area contributed by atoms with Crippen molar-refractivity contribution in [2.45, 2.75) is 39.2 Å². The number of imidazole rings is 1. The fourth-order valence-electron chi connectivity index (χ4n) is 2.74. The Bertz CT molecular complexity index is 625. The zero-order chi connectivity index (χ0) is 13.2. The zero-order valence-corrected chi connectivity index (χ0v) is 12.1. The molecule has 1 aliphatic carbocycles. The van der Waals surface area contributed by atoms with Gasteiger partial charge in [-0.25, -0.2) is 0 Å². The molecule has 0 radical (unpaired) electrons. The molecule has 3 nitrogen and oxygen atoms in total. The normalized spacial score (nSPS) is 15.6. The van der Waals surface area contributed by atoms with E-state index < -0.39 is 0 Å². The number of hydrogen-bond donors (Lipinski definition) is 1. The van der Waals surface area contributed by atoms with Crippen LogP contribution in [0.5, 0.6) is 5.75 Å². The van der Waals surface area contributed by atoms with E-state index in [1.54, 1.807) is 0 Å². The molecule has 1 aliphatic rings. The van der Waals surface area contributed by atoms with Crippen molar-refractivity contribution in [3.63, 3.8) is 0 Å². The molecule has 1 N–H and O–H groups in total. The van der Waals surface area contributed by atoms with Gasteiger partial charge < -0.3 is 14.3 Å². The largest absolute Gasteiger partial charge is 0.492 e. The molecule has 3 rings (SSSR count). The van der Waals surface area contributed by atoms with Crippen molar-refractivity contribution in [2.24, 2.45) is 5.92 Å². The number of aromatic amines is 1. The van der Waals surface area contributed by atoms with Gasteiger partial charge in [0.15, 0.2) is 4.77 Å². The second-order valence-electron chi connectivity index (χ2n) is 5.25. The summed E-state index contributed by atoms with van der Waals surface area (Å²) < 4.78 is 8.68. The zero-order valence-electron chi connectivity index (χ0n) is 11.3. The van der Waals surface area contributed by atoms with Gasteiger partial charge in [-0.05, 0) is 43.6 Å². The lowest BCUT2D eigenvalue weighted by Crippen LogP contribution is -2.13. The van der Waals surface area contributed by atoms with Crippen molar-refractivity contribution in [2.75, 3.05) is 6.61 Å². The second kappa shape index (κ2) is 5.37. The van der Waals surface area contributed by atoms with Crippen LogP contribution in [0.25, 0.3) is 11.0 Å². The molecule has 0 spiro atoms. The lowest BCUT2D eigenvalue weighted by Gasteiger charge is -2.25. The lowest BCUT2D eigenvalue weighted by atomic mass is 9.83. The summed E-state index contributed by atoms with van der Waals surface area (Å²) in [5.74, 6) is 1.80. The summed E-state index contributed by atoms with van der Waals surface area (Å²) in [7, 11) is 0. The predicted octanol–water partition coefficient (Wildman–Crippen LogP) is 4.29. The number of aryl methyl sites for hydroxylation is 1. The number of fused-ring (bicyclic) bond motifs is 1. The third kappa shape index (κ3) is 2.41. The molecular weight excluding hydrogens is 256 g/mol. The predicted molar refractivity (Wildman–Crippen MR) is 80.2 cm³/mol. The van der Waals surface area contributed by atoms with Gasteiger partial charge in [-0.1, -0.05) is 25.3 Å². The molecule has 19 heavy (non-hydrogen) atoms. The molecular formula is C15H20N2OS. The van der Waals surface area contributed by atoms with E-state index in [0.717, 1.165) is 34.0 Å². The summed E-state index contributed by atoms with van der Waals surface area (Å²) in [5, 5.41) is 0. The van der Waals surface area contributed by atoms with E-state index in [1.165, 1.54) is 25.7 Å². The molecule has 1 saturated carbocycles. The summed E-state index contributed by atoms with van der Waals surface area (Å²) >= 11 is 5.45. The lowest BCUT2D eigenvalue weighted by molar-refractivity contribution is 0.283. The minimum absolute atomic E-state index is 0.674. The first-order valence-electron chi connectivity index (χ1n) is 7.14. The second-order valence-corrected chi connectivity index (χ2v) is 5.64. The van der Waals surface area contributed by atoms with Crippen molar-refractivity contribution in [1.29, 1.82) is 0 Å². The van der Waals surface area contributed by atoms with Gasteiger partial charge in [-0.2, -0.15) is 0 Å². The van der Waals surface area contributed by atoms with Gasteiger partial charge in [-0.3, -0.25) is 0 Å². The van der Waals surface area contributed by atoms with Gasteiger partial charge in [0, 0.05) is 6.54 Å². The topological polar surface area (TPSA) is 29.9 Å². The minimum Gasteiger partial charge on any atom is -0.492 e. The highest BCUT2D eigenvalue weighted by atomic mass is 32.1. The number of ether oxygens (including phenoxy) is 1. The van der Waals surface area contributed by atoms with Crippen molar-refractivity contribution in [3.8, 4) is 5.75 Å². The van der Waals surface area contributed by atoms with Crippen LogP contribution in [-0.2, 0) is 6.54 Å². The molecule has 1 heterocycles. The van der Waals surface area contributed by atoms with E-state index >= 15 is 0 Å². The average molecular weight is 276 g/mol. The van der Waals surface area contributed by atoms with Gasteiger partial charge in [0.05, 0.1) is 12.1 Å². The first-order valence-corrected chi connectivity index (χ1v) is 7.54. The van der Waals surface area contributed by atoms with E-state index in [0.29, 0.717) is 6.61 Å². The number of benzene rings is 1. The fourth-order valence-corrected chi connectivity index (χ4v) is 3.04. The maximum atomic E-state index is 5.65. The first-order chi connectivity index (χ1) is 9.29. The van der Waals surface area contributed by atoms with Crippen LogP contribution in [0.3, 0.4) is 0 Å². The molecule has 0 atom stereocenters. The Kier molecular flexibility index (Phi) is 3.60. The van der Waals surface area contributed by atoms with E-state index in [9.17, 15) is 0 Å². The maximum Gasteiger partial charge on any atom is 0.178 e. The standard InChI is InChI=1S/C15H20N2OS/c1-2-18-13-8-4-7-12-14(13)16-15(19)17(12)10-9-11-5-3-6-11/h4,7-8,11H,2-3,5-6,9-10H2,1H3,(H,16,19). The maximum absolute atomic E-state index is 5.65. The summed E-state index contributed by atoms with van der Waals surface area (Å²) in [6, 6.07) is 6.15. The van der Waals surface area contributed by atoms with Gasteiger partial charge in [0.1, 0.15) is 11.3 Å². The van der Waals surface area contributed by atoms with E-state index in [-0.39, 0.29) is 0 Å². The Morgan fingerprint density at radius 2 is 2.26 bits per heavy atom. The molecule has 4 heteroatoms. The highest BCUT2D eigenvalue weighted by Gasteiger charge is 2.18. The Morgan fingerprint density at radius 1 is 1.42 bits per heavy atom. The van der Waals surface area contributed by atoms with Crippen molar-refractivity contribution in [1.82, 2.24) is 9.55 Å². The Labute approximate surface area is 118 Å². The summed E-state index contributed by atoms with van der Waals surface area (Å²) in [6.45, 7) is 3.69. The van der Waals surface area contributed by atoms with Crippen LogP contribution in [0.15, 0.2) is 18.2 Å². The molecule has 0 bridgehead atoms. The van der Waals surface area contributed by atoms with Crippen LogP contribution in [0.4, 0.5) is 0 Å². The van der Waals surface area contributed by atoms with Crippen LogP contribution in [0, 0.1) is 10.7 Å². The molecule has 0 unspecified atom stereocenters. The third-order valence-electron chi connectivity index (χ3n) is 4.06. The number of hydrogen-bond acceptors (Lipinski definition) is 2. The van der Waals surface area contributed by atoms with Crippen LogP contribution in [-0.4, -0.2) is 16.2 Å². The summed E-state index contributed by atoms with van der Waals surface area (Å²) in [4.78, 5) is 3.29. The molecule has 0 amide bonds. The van der Waals surface area contributed by atoms with Crippen LogP contribution < -0.4 is 4.74 Å². The van der Waals surface area contributed by atoms with E-state index in [4.69, 9.17) is 17.0 Å². The Hall–Kier alpha value is -1.29. The number of H-pyrrole nitrogens is 1. The van der Waals surface area contributed by atoms with Gasteiger partial charge >= 0.3 is 0 Å². The van der Waals surface area contributed by atoms with Crippen molar-refractivity contribution < 1.29 is 4.74 Å². The van der Waals surface area contributed by atoms with Crippen molar-refractivity contribution >= 4 is 23.3 Å². The number of nitrogens with one attached hydrogen (secondary N) is 1. The fraction of sp³-hybridized carbons (Fsp3) is 0.533. The Morgan fingerprint density at radius 3 is 2.95 bits per heavy atom. The molecule has 0 aliphatic heterocycles. The van der Waals surface area contributed by atoms with Gasteiger partial charge in [0.2, 0.25) is 0 Å². The smallest absolute Gasteiger partial charge is 0.178 e. The van der Waals surface area contributed by atoms with Crippen molar-refractivity contribution in [3.05, 3.63) is 23.0 Å². The van der Waals surface area contributed by atoms with Crippen LogP contribution in [0.2, 0.25) is 0 Å². The molecule has 0 saturated heterocycles. The van der Waals surface area contributed by atoms with Crippen LogP contribution in [0.1, 0.15) is 32.6 Å². The molecule has 1 aromatic heterocycles. The highest BCUT2D eigenvalue weighted by molar-refractivity contribution is 7.71. The van der Waals surface area contributed by atoms with Gasteiger partial charge in [0.25, 0.3) is 0 Å². The number of para-hydroxylation sites is 1. The molecule has 1 fully saturated rings. The molecule has 2 aromatic rings. The SMILES string of the molecule is CCOc1cccc2c1[nH]c(=S)n2CCC1CCC1. The first kappa shape index (κ1) is 12.7. The quantitative estimate of drug-likeness (QED) is 0.826. The summed E-state index contributed by atoms with van der Waals surface area (Å²) in [6.07, 6.45) is 5.41. The van der Waals surface area contributed by atoms with Crippen LogP contribution >= 0.6 is 12.2 Å². The monoisotopic (exact) mass is 276 g/mol. The number of rotatable bonds is 5. The average Bonchev–Trinajstić information content (AvgIpc) is 2.66. The third-order valence-corrected chi connectivity index (χ3v) is 4.38. The number of aromatic nitrogens is 2. The number of nitrogens with zero attached hydrogens (tertiary/aromatic N) is 1. The van der Waals surface area contributed by atoms with Gasteiger partial charge in [-0.15, -0.1) is 0 Å². The van der Waals surface area contributed by atoms with E-state index in [2.05, 4.69) is 15.6 Å². The highest BCUT2D eigenvalue weighted by Crippen LogP contribution is 2.31.